The summed E-state index contributed by atoms with van der Waals surface area (Å²) >= 11 is 0. The molecule has 0 aliphatic heterocycles. The SMILES string of the molecule is CCCC(CCC)C(O)Cc1ccco1. The number of furan rings is 1. The lowest BCUT2D eigenvalue weighted by Gasteiger charge is -2.21. The lowest BCUT2D eigenvalue weighted by molar-refractivity contribution is 0.0913. The summed E-state index contributed by atoms with van der Waals surface area (Å²) < 4.78 is 5.25. The molecule has 1 unspecified atom stereocenters. The molecular weight excluding hydrogens is 188 g/mol. The first-order valence-electron chi connectivity index (χ1n) is 5.98. The fourth-order valence-corrected chi connectivity index (χ4v) is 2.07. The zero-order chi connectivity index (χ0) is 11.1. The molecule has 86 valence electrons. The van der Waals surface area contributed by atoms with Crippen molar-refractivity contribution in [2.75, 3.05) is 0 Å². The molecule has 0 radical (unpaired) electrons. The maximum Gasteiger partial charge on any atom is 0.106 e. The van der Waals surface area contributed by atoms with E-state index in [1.165, 1.54) is 0 Å². The molecular formula is C13H22O2. The second kappa shape index (κ2) is 6.67. The molecule has 0 saturated heterocycles. The van der Waals surface area contributed by atoms with E-state index in [1.807, 2.05) is 12.1 Å². The average Bonchev–Trinajstić information content (AvgIpc) is 2.70. The van der Waals surface area contributed by atoms with Gasteiger partial charge in [-0.2, -0.15) is 0 Å². The monoisotopic (exact) mass is 210 g/mol. The van der Waals surface area contributed by atoms with Crippen molar-refractivity contribution in [1.82, 2.24) is 0 Å². The first-order chi connectivity index (χ1) is 7.27. The van der Waals surface area contributed by atoms with Crippen molar-refractivity contribution in [3.8, 4) is 0 Å². The highest BCUT2D eigenvalue weighted by molar-refractivity contribution is 5.00. The molecule has 0 spiro atoms. The van der Waals surface area contributed by atoms with Crippen LogP contribution in [0.25, 0.3) is 0 Å². The molecule has 1 aromatic heterocycles. The van der Waals surface area contributed by atoms with Gasteiger partial charge in [-0.05, 0) is 30.9 Å². The van der Waals surface area contributed by atoms with Gasteiger partial charge in [0.15, 0.2) is 0 Å². The molecule has 1 rings (SSSR count). The topological polar surface area (TPSA) is 33.4 Å². The van der Waals surface area contributed by atoms with Crippen LogP contribution in [-0.2, 0) is 6.42 Å². The van der Waals surface area contributed by atoms with Crippen molar-refractivity contribution in [3.63, 3.8) is 0 Å². The summed E-state index contributed by atoms with van der Waals surface area (Å²) in [5.74, 6) is 1.31. The van der Waals surface area contributed by atoms with Gasteiger partial charge in [-0.3, -0.25) is 0 Å². The van der Waals surface area contributed by atoms with Crippen molar-refractivity contribution in [2.45, 2.75) is 52.1 Å². The third kappa shape index (κ3) is 4.08. The Balaban J connectivity index is 2.44. The second-order valence-electron chi connectivity index (χ2n) is 4.19. The Bertz CT molecular complexity index is 235. The molecule has 0 aromatic carbocycles. The van der Waals surface area contributed by atoms with E-state index in [9.17, 15) is 5.11 Å². The zero-order valence-electron chi connectivity index (χ0n) is 9.78. The van der Waals surface area contributed by atoms with Crippen molar-refractivity contribution in [2.24, 2.45) is 5.92 Å². The Kier molecular flexibility index (Phi) is 5.48. The second-order valence-corrected chi connectivity index (χ2v) is 4.19. The van der Waals surface area contributed by atoms with Gasteiger partial charge in [0.2, 0.25) is 0 Å². The molecule has 2 nitrogen and oxygen atoms in total. The van der Waals surface area contributed by atoms with Crippen LogP contribution in [0.1, 0.15) is 45.3 Å². The largest absolute Gasteiger partial charge is 0.469 e. The lowest BCUT2D eigenvalue weighted by Crippen LogP contribution is -2.22. The summed E-state index contributed by atoms with van der Waals surface area (Å²) in [4.78, 5) is 0. The summed E-state index contributed by atoms with van der Waals surface area (Å²) in [6, 6.07) is 3.80. The highest BCUT2D eigenvalue weighted by atomic mass is 16.3. The van der Waals surface area contributed by atoms with E-state index in [2.05, 4.69) is 13.8 Å². The predicted octanol–water partition coefficient (Wildman–Crippen LogP) is 3.40. The van der Waals surface area contributed by atoms with Crippen LogP contribution in [0.2, 0.25) is 0 Å². The van der Waals surface area contributed by atoms with Gasteiger partial charge in [0.1, 0.15) is 5.76 Å². The van der Waals surface area contributed by atoms with Gasteiger partial charge in [0, 0.05) is 6.42 Å². The van der Waals surface area contributed by atoms with Gasteiger partial charge in [0.25, 0.3) is 0 Å². The van der Waals surface area contributed by atoms with Gasteiger partial charge in [0.05, 0.1) is 12.4 Å². The molecule has 0 bridgehead atoms. The summed E-state index contributed by atoms with van der Waals surface area (Å²) in [6.45, 7) is 4.34. The fraction of sp³-hybridized carbons (Fsp3) is 0.692. The smallest absolute Gasteiger partial charge is 0.106 e. The van der Waals surface area contributed by atoms with Crippen molar-refractivity contribution < 1.29 is 9.52 Å². The van der Waals surface area contributed by atoms with Gasteiger partial charge in [-0.15, -0.1) is 0 Å². The highest BCUT2D eigenvalue weighted by Gasteiger charge is 2.18. The van der Waals surface area contributed by atoms with Crippen LogP contribution >= 0.6 is 0 Å². The molecule has 2 heteroatoms. The minimum Gasteiger partial charge on any atom is -0.469 e. The molecule has 1 heterocycles. The van der Waals surface area contributed by atoms with Crippen LogP contribution in [0.5, 0.6) is 0 Å². The normalized spacial score (nSPS) is 13.3. The molecule has 0 saturated carbocycles. The number of aliphatic hydroxyl groups is 1. The maximum absolute atomic E-state index is 10.1. The van der Waals surface area contributed by atoms with E-state index < -0.39 is 0 Å². The van der Waals surface area contributed by atoms with Crippen molar-refractivity contribution in [3.05, 3.63) is 24.2 Å². The van der Waals surface area contributed by atoms with E-state index in [1.54, 1.807) is 6.26 Å². The Morgan fingerprint density at radius 3 is 2.40 bits per heavy atom. The molecule has 0 aliphatic rings. The molecule has 15 heavy (non-hydrogen) atoms. The molecule has 0 amide bonds. The molecule has 1 atom stereocenters. The third-order valence-electron chi connectivity index (χ3n) is 2.85. The van der Waals surface area contributed by atoms with E-state index in [0.717, 1.165) is 31.4 Å². The maximum atomic E-state index is 10.1. The first-order valence-corrected chi connectivity index (χ1v) is 5.98. The van der Waals surface area contributed by atoms with Gasteiger partial charge < -0.3 is 9.52 Å². The standard InChI is InChI=1S/C13H22O2/c1-3-6-11(7-4-2)13(14)10-12-8-5-9-15-12/h5,8-9,11,13-14H,3-4,6-7,10H2,1-2H3. The van der Waals surface area contributed by atoms with Crippen molar-refractivity contribution in [1.29, 1.82) is 0 Å². The molecule has 0 fully saturated rings. The minimum absolute atomic E-state index is 0.254. The van der Waals surface area contributed by atoms with Crippen LogP contribution in [-0.4, -0.2) is 11.2 Å². The fourth-order valence-electron chi connectivity index (χ4n) is 2.07. The molecule has 0 aliphatic carbocycles. The minimum atomic E-state index is -0.254. The number of aliphatic hydroxyl groups excluding tert-OH is 1. The van der Waals surface area contributed by atoms with E-state index >= 15 is 0 Å². The Morgan fingerprint density at radius 1 is 1.27 bits per heavy atom. The zero-order valence-corrected chi connectivity index (χ0v) is 9.78. The van der Waals surface area contributed by atoms with E-state index in [0.29, 0.717) is 12.3 Å². The Labute approximate surface area is 92.3 Å². The summed E-state index contributed by atoms with van der Waals surface area (Å²) in [7, 11) is 0. The Hall–Kier alpha value is -0.760. The van der Waals surface area contributed by atoms with Crippen LogP contribution in [0.15, 0.2) is 22.8 Å². The summed E-state index contributed by atoms with van der Waals surface area (Å²) in [6.07, 6.45) is 6.55. The van der Waals surface area contributed by atoms with E-state index in [4.69, 9.17) is 4.42 Å². The van der Waals surface area contributed by atoms with Gasteiger partial charge in [-0.25, -0.2) is 0 Å². The van der Waals surface area contributed by atoms with Gasteiger partial charge >= 0.3 is 0 Å². The quantitative estimate of drug-likeness (QED) is 0.748. The van der Waals surface area contributed by atoms with Crippen LogP contribution in [0.4, 0.5) is 0 Å². The number of hydrogen-bond donors (Lipinski definition) is 1. The van der Waals surface area contributed by atoms with Crippen LogP contribution in [0, 0.1) is 5.92 Å². The van der Waals surface area contributed by atoms with Gasteiger partial charge in [-0.1, -0.05) is 26.7 Å². The first kappa shape index (κ1) is 12.3. The lowest BCUT2D eigenvalue weighted by atomic mass is 9.90. The summed E-state index contributed by atoms with van der Waals surface area (Å²) in [5, 5.41) is 10.1. The van der Waals surface area contributed by atoms with Crippen LogP contribution < -0.4 is 0 Å². The van der Waals surface area contributed by atoms with E-state index in [-0.39, 0.29) is 6.10 Å². The van der Waals surface area contributed by atoms with Crippen LogP contribution in [0.3, 0.4) is 0 Å². The average molecular weight is 210 g/mol. The number of rotatable bonds is 7. The highest BCUT2D eigenvalue weighted by Crippen LogP contribution is 2.20. The van der Waals surface area contributed by atoms with Crippen molar-refractivity contribution >= 4 is 0 Å². The Morgan fingerprint density at radius 2 is 1.93 bits per heavy atom. The third-order valence-corrected chi connectivity index (χ3v) is 2.85. The summed E-state index contributed by atoms with van der Waals surface area (Å²) in [5.41, 5.74) is 0. The molecule has 1 N–H and O–H groups in total. The predicted molar refractivity (Wildman–Crippen MR) is 61.7 cm³/mol. The number of hydrogen-bond acceptors (Lipinski definition) is 2. The molecule has 1 aromatic rings.